The molecule has 0 radical (unpaired) electrons. The van der Waals surface area contributed by atoms with E-state index >= 15 is 0 Å². The Labute approximate surface area is 176 Å². The molecule has 0 spiro atoms. The highest BCUT2D eigenvalue weighted by Gasteiger charge is 2.27. The summed E-state index contributed by atoms with van der Waals surface area (Å²) in [6.45, 7) is 6.57. The van der Waals surface area contributed by atoms with Gasteiger partial charge in [0.05, 0.1) is 12.6 Å². The average molecular weight is 399 g/mol. The van der Waals surface area contributed by atoms with E-state index < -0.39 is 0 Å². The molecule has 4 heteroatoms. The van der Waals surface area contributed by atoms with Crippen molar-refractivity contribution in [3.8, 4) is 5.75 Å². The highest BCUT2D eigenvalue weighted by molar-refractivity contribution is 6.08. The van der Waals surface area contributed by atoms with Crippen molar-refractivity contribution in [2.75, 3.05) is 13.7 Å². The lowest BCUT2D eigenvalue weighted by Crippen LogP contribution is -2.36. The Kier molecular flexibility index (Phi) is 4.50. The monoisotopic (exact) mass is 398 g/mol. The fourth-order valence-corrected chi connectivity index (χ4v) is 4.89. The molecule has 5 rings (SSSR count). The fraction of sp³-hybridized carbons (Fsp3) is 0.269. The van der Waals surface area contributed by atoms with Crippen LogP contribution in [0.3, 0.4) is 0 Å². The Hall–Kier alpha value is -3.27. The summed E-state index contributed by atoms with van der Waals surface area (Å²) in [7, 11) is 1.70. The molecule has 30 heavy (non-hydrogen) atoms. The van der Waals surface area contributed by atoms with Gasteiger partial charge in [-0.2, -0.15) is 0 Å². The lowest BCUT2D eigenvalue weighted by atomic mass is 9.98. The lowest BCUT2D eigenvalue weighted by molar-refractivity contribution is 0.0736. The minimum Gasteiger partial charge on any atom is -0.497 e. The van der Waals surface area contributed by atoms with Crippen molar-refractivity contribution >= 4 is 27.6 Å². The van der Waals surface area contributed by atoms with E-state index in [4.69, 9.17) is 4.74 Å². The Balaban J connectivity index is 1.57. The predicted molar refractivity (Wildman–Crippen MR) is 121 cm³/mol. The first kappa shape index (κ1) is 18.7. The average Bonchev–Trinajstić information content (AvgIpc) is 3.11. The van der Waals surface area contributed by atoms with Gasteiger partial charge >= 0.3 is 0 Å². The van der Waals surface area contributed by atoms with Gasteiger partial charge in [-0.05, 0) is 48.4 Å². The fourth-order valence-electron chi connectivity index (χ4n) is 4.89. The predicted octanol–water partition coefficient (Wildman–Crippen LogP) is 5.33. The Morgan fingerprint density at radius 1 is 1.03 bits per heavy atom. The topological polar surface area (TPSA) is 34.5 Å². The largest absolute Gasteiger partial charge is 0.497 e. The molecule has 0 N–H and O–H groups in total. The van der Waals surface area contributed by atoms with Crippen molar-refractivity contribution in [1.82, 2.24) is 9.47 Å². The maximum absolute atomic E-state index is 13.5. The normalized spacial score (nSPS) is 13.6. The summed E-state index contributed by atoms with van der Waals surface area (Å²) < 4.78 is 7.81. The molecule has 4 aromatic rings. The smallest absolute Gasteiger partial charge is 0.254 e. The van der Waals surface area contributed by atoms with Crippen molar-refractivity contribution in [1.29, 1.82) is 0 Å². The van der Waals surface area contributed by atoms with Crippen molar-refractivity contribution in [3.63, 3.8) is 0 Å². The molecule has 2 heterocycles. The third kappa shape index (κ3) is 2.78. The van der Waals surface area contributed by atoms with Crippen molar-refractivity contribution in [3.05, 3.63) is 77.0 Å². The first-order valence-corrected chi connectivity index (χ1v) is 10.6. The van der Waals surface area contributed by atoms with Crippen LogP contribution < -0.4 is 4.74 Å². The minimum absolute atomic E-state index is 0.114. The Morgan fingerprint density at radius 3 is 2.60 bits per heavy atom. The maximum Gasteiger partial charge on any atom is 0.254 e. The van der Waals surface area contributed by atoms with Gasteiger partial charge in [0.2, 0.25) is 0 Å². The summed E-state index contributed by atoms with van der Waals surface area (Å²) in [5, 5.41) is 3.41. The Bertz CT molecular complexity index is 1290. The molecule has 152 valence electrons. The number of fused-ring (bicyclic) bond motifs is 4. The van der Waals surface area contributed by atoms with Crippen molar-refractivity contribution in [2.45, 2.75) is 33.4 Å². The van der Waals surface area contributed by atoms with Crippen LogP contribution in [0.4, 0.5) is 0 Å². The molecule has 0 aliphatic carbocycles. The van der Waals surface area contributed by atoms with Crippen LogP contribution in [0.15, 0.2) is 54.6 Å². The minimum atomic E-state index is 0.114. The van der Waals surface area contributed by atoms with Crippen LogP contribution in [0.25, 0.3) is 21.7 Å². The number of hydrogen-bond donors (Lipinski definition) is 0. The van der Waals surface area contributed by atoms with Gasteiger partial charge in [-0.1, -0.05) is 30.3 Å². The van der Waals surface area contributed by atoms with E-state index in [2.05, 4.69) is 48.7 Å². The molecule has 0 atom stereocenters. The molecule has 1 aromatic heterocycles. The number of benzene rings is 3. The van der Waals surface area contributed by atoms with Crippen LogP contribution in [0.5, 0.6) is 5.75 Å². The van der Waals surface area contributed by atoms with Crippen molar-refractivity contribution < 1.29 is 9.53 Å². The van der Waals surface area contributed by atoms with Crippen LogP contribution >= 0.6 is 0 Å². The van der Waals surface area contributed by atoms with Gasteiger partial charge in [-0.15, -0.1) is 0 Å². The highest BCUT2D eigenvalue weighted by Crippen LogP contribution is 2.34. The van der Waals surface area contributed by atoms with E-state index in [1.807, 2.05) is 29.2 Å². The number of hydrogen-bond acceptors (Lipinski definition) is 2. The van der Waals surface area contributed by atoms with E-state index in [-0.39, 0.29) is 5.91 Å². The molecule has 1 amide bonds. The molecule has 0 bridgehead atoms. The number of carbonyl (C=O) groups is 1. The molecule has 1 aliphatic heterocycles. The summed E-state index contributed by atoms with van der Waals surface area (Å²) in [5.41, 5.74) is 5.80. The van der Waals surface area contributed by atoms with Crippen LogP contribution in [0.1, 0.15) is 34.1 Å². The van der Waals surface area contributed by atoms with Gasteiger partial charge in [0.1, 0.15) is 5.75 Å². The number of rotatable bonds is 3. The van der Waals surface area contributed by atoms with Crippen molar-refractivity contribution in [2.24, 2.45) is 0 Å². The molecular weight excluding hydrogens is 372 g/mol. The van der Waals surface area contributed by atoms with E-state index in [0.717, 1.165) is 41.6 Å². The first-order chi connectivity index (χ1) is 14.6. The molecule has 0 saturated carbocycles. The summed E-state index contributed by atoms with van der Waals surface area (Å²) >= 11 is 0. The lowest BCUT2D eigenvalue weighted by Gasteiger charge is -2.29. The summed E-state index contributed by atoms with van der Waals surface area (Å²) in [4.78, 5) is 15.5. The molecule has 0 unspecified atom stereocenters. The summed E-state index contributed by atoms with van der Waals surface area (Å²) in [6.07, 6.45) is 0.871. The molecule has 0 fully saturated rings. The third-order valence-electron chi connectivity index (χ3n) is 6.44. The highest BCUT2D eigenvalue weighted by atomic mass is 16.5. The maximum atomic E-state index is 13.5. The van der Waals surface area contributed by atoms with Gasteiger partial charge in [-0.3, -0.25) is 4.79 Å². The van der Waals surface area contributed by atoms with E-state index in [1.54, 1.807) is 7.11 Å². The number of carbonyl (C=O) groups excluding carboxylic acids is 1. The number of ether oxygens (including phenoxy) is 1. The molecule has 1 aliphatic rings. The number of aryl methyl sites for hydroxylation is 2. The summed E-state index contributed by atoms with van der Waals surface area (Å²) in [6, 6.07) is 18.5. The number of amides is 1. The first-order valence-electron chi connectivity index (χ1n) is 10.6. The number of methoxy groups -OCH3 is 1. The second-order valence-corrected chi connectivity index (χ2v) is 8.00. The standard InChI is InChI=1S/C26H26N2O2/c1-4-28-24-13-14-27(16-23(24)21-12-10-18(30-3)15-25(21)28)26(29)22-11-9-17(2)19-7-5-6-8-20(19)22/h5-12,15H,4,13-14,16H2,1-3H3. The molecular formula is C26H26N2O2. The van der Waals surface area contributed by atoms with Gasteiger partial charge in [0.25, 0.3) is 5.91 Å². The summed E-state index contributed by atoms with van der Waals surface area (Å²) in [5.74, 6) is 0.980. The van der Waals surface area contributed by atoms with Crippen LogP contribution in [0.2, 0.25) is 0 Å². The van der Waals surface area contributed by atoms with Gasteiger partial charge in [-0.25, -0.2) is 0 Å². The molecule has 3 aromatic carbocycles. The van der Waals surface area contributed by atoms with E-state index in [9.17, 15) is 4.79 Å². The zero-order valence-corrected chi connectivity index (χ0v) is 17.7. The van der Waals surface area contributed by atoms with Gasteiger partial charge < -0.3 is 14.2 Å². The quantitative estimate of drug-likeness (QED) is 0.467. The third-order valence-corrected chi connectivity index (χ3v) is 6.44. The number of nitrogens with zero attached hydrogens (tertiary/aromatic N) is 2. The van der Waals surface area contributed by atoms with Crippen LogP contribution in [-0.4, -0.2) is 29.0 Å². The van der Waals surface area contributed by atoms with Crippen LogP contribution in [-0.2, 0) is 19.5 Å². The second kappa shape index (κ2) is 7.21. The van der Waals surface area contributed by atoms with E-state index in [1.165, 1.54) is 27.7 Å². The SMILES string of the molecule is CCn1c2c(c3ccc(OC)cc31)CN(C(=O)c1ccc(C)c3ccccc13)CC2. The zero-order chi connectivity index (χ0) is 20.8. The van der Waals surface area contributed by atoms with Gasteiger partial charge in [0, 0.05) is 54.3 Å². The molecule has 0 saturated heterocycles. The molecule has 4 nitrogen and oxygen atoms in total. The zero-order valence-electron chi connectivity index (χ0n) is 17.7. The second-order valence-electron chi connectivity index (χ2n) is 8.00. The number of aromatic nitrogens is 1. The van der Waals surface area contributed by atoms with Crippen LogP contribution in [0, 0.1) is 6.92 Å². The van der Waals surface area contributed by atoms with E-state index in [0.29, 0.717) is 6.54 Å². The van der Waals surface area contributed by atoms with Gasteiger partial charge in [0.15, 0.2) is 0 Å². The Morgan fingerprint density at radius 2 is 1.83 bits per heavy atom.